The predicted molar refractivity (Wildman–Crippen MR) is 126 cm³/mol. The highest BCUT2D eigenvalue weighted by Gasteiger charge is 2.23. The van der Waals surface area contributed by atoms with Crippen LogP contribution in [0.5, 0.6) is 0 Å². The maximum absolute atomic E-state index is 12.7. The standard InChI is InChI=1S/C24H24ClN3O2S/c1-24(2,3)21-12-15(6-7-26-21)20-11-17(14-31-20)18-5-4-16(10-19(18)25)23(30)28-9-8-27-22(29)13-28/h4-7,10-12,14H,8-9,13H2,1-3H3,(H,27,29). The molecule has 1 saturated heterocycles. The number of nitrogens with one attached hydrogen (secondary N) is 1. The summed E-state index contributed by atoms with van der Waals surface area (Å²) in [5.41, 5.74) is 4.53. The molecule has 1 aliphatic rings. The molecule has 7 heteroatoms. The van der Waals surface area contributed by atoms with Gasteiger partial charge in [0.25, 0.3) is 5.91 Å². The summed E-state index contributed by atoms with van der Waals surface area (Å²) in [4.78, 5) is 31.5. The molecule has 1 N–H and O–H groups in total. The quantitative estimate of drug-likeness (QED) is 0.607. The zero-order chi connectivity index (χ0) is 22.2. The number of aromatic nitrogens is 1. The second-order valence-corrected chi connectivity index (χ2v) is 9.97. The van der Waals surface area contributed by atoms with E-state index >= 15 is 0 Å². The first-order chi connectivity index (χ1) is 14.7. The summed E-state index contributed by atoms with van der Waals surface area (Å²) in [6.45, 7) is 7.50. The van der Waals surface area contributed by atoms with Crippen LogP contribution in [0.15, 0.2) is 48.0 Å². The topological polar surface area (TPSA) is 62.3 Å². The summed E-state index contributed by atoms with van der Waals surface area (Å²) < 4.78 is 0. The molecule has 0 radical (unpaired) electrons. The van der Waals surface area contributed by atoms with Crippen molar-refractivity contribution in [1.82, 2.24) is 15.2 Å². The normalized spacial score (nSPS) is 14.5. The molecule has 4 rings (SSSR count). The Hall–Kier alpha value is -2.70. The van der Waals surface area contributed by atoms with Gasteiger partial charge in [0.15, 0.2) is 0 Å². The lowest BCUT2D eigenvalue weighted by atomic mass is 9.90. The van der Waals surface area contributed by atoms with Crippen LogP contribution in [-0.4, -0.2) is 41.3 Å². The Morgan fingerprint density at radius 1 is 1.16 bits per heavy atom. The van der Waals surface area contributed by atoms with Crippen molar-refractivity contribution in [1.29, 1.82) is 0 Å². The van der Waals surface area contributed by atoms with E-state index in [0.29, 0.717) is 23.7 Å². The summed E-state index contributed by atoms with van der Waals surface area (Å²) in [6, 6.07) is 11.6. The molecule has 1 aromatic carbocycles. The van der Waals surface area contributed by atoms with Gasteiger partial charge in [0.1, 0.15) is 0 Å². The molecule has 0 atom stereocenters. The maximum atomic E-state index is 12.7. The first-order valence-electron chi connectivity index (χ1n) is 10.1. The second kappa shape index (κ2) is 8.44. The van der Waals surface area contributed by atoms with E-state index in [9.17, 15) is 9.59 Å². The molecule has 2 aromatic heterocycles. The fourth-order valence-corrected chi connectivity index (χ4v) is 4.70. The third-order valence-corrected chi connectivity index (χ3v) is 6.56. The van der Waals surface area contributed by atoms with E-state index in [0.717, 1.165) is 27.3 Å². The van der Waals surface area contributed by atoms with Crippen molar-refractivity contribution in [3.05, 3.63) is 64.3 Å². The lowest BCUT2D eigenvalue weighted by Gasteiger charge is -2.26. The van der Waals surface area contributed by atoms with Crippen LogP contribution in [0, 0.1) is 0 Å². The second-order valence-electron chi connectivity index (χ2n) is 8.65. The van der Waals surface area contributed by atoms with Crippen molar-refractivity contribution >= 4 is 34.8 Å². The van der Waals surface area contributed by atoms with Gasteiger partial charge in [-0.25, -0.2) is 0 Å². The van der Waals surface area contributed by atoms with Crippen LogP contribution in [0.2, 0.25) is 5.02 Å². The predicted octanol–water partition coefficient (Wildman–Crippen LogP) is 5.00. The Morgan fingerprint density at radius 2 is 1.97 bits per heavy atom. The highest BCUT2D eigenvalue weighted by Crippen LogP contribution is 2.37. The number of amides is 2. The maximum Gasteiger partial charge on any atom is 0.254 e. The summed E-state index contributed by atoms with van der Waals surface area (Å²) in [5.74, 6) is -0.320. The Labute approximate surface area is 191 Å². The number of nitrogens with zero attached hydrogens (tertiary/aromatic N) is 2. The van der Waals surface area contributed by atoms with Crippen molar-refractivity contribution in [2.45, 2.75) is 26.2 Å². The Morgan fingerprint density at radius 3 is 2.68 bits per heavy atom. The molecular weight excluding hydrogens is 430 g/mol. The zero-order valence-electron chi connectivity index (χ0n) is 17.7. The smallest absolute Gasteiger partial charge is 0.254 e. The molecule has 1 aliphatic heterocycles. The molecule has 0 aliphatic carbocycles. The minimum atomic E-state index is -0.180. The zero-order valence-corrected chi connectivity index (χ0v) is 19.3. The Bertz CT molecular complexity index is 1150. The summed E-state index contributed by atoms with van der Waals surface area (Å²) >= 11 is 8.21. The number of carbonyl (C=O) groups excluding carboxylic acids is 2. The first-order valence-corrected chi connectivity index (χ1v) is 11.4. The number of piperazine rings is 1. The van der Waals surface area contributed by atoms with Crippen molar-refractivity contribution in [3.63, 3.8) is 0 Å². The molecule has 5 nitrogen and oxygen atoms in total. The van der Waals surface area contributed by atoms with E-state index in [4.69, 9.17) is 11.6 Å². The number of carbonyl (C=O) groups is 2. The largest absolute Gasteiger partial charge is 0.353 e. The van der Waals surface area contributed by atoms with Gasteiger partial charge in [-0.3, -0.25) is 14.6 Å². The van der Waals surface area contributed by atoms with Crippen LogP contribution < -0.4 is 5.32 Å². The highest BCUT2D eigenvalue weighted by molar-refractivity contribution is 7.14. The molecule has 2 amide bonds. The van der Waals surface area contributed by atoms with E-state index in [1.807, 2.05) is 18.3 Å². The average Bonchev–Trinajstić information content (AvgIpc) is 3.22. The van der Waals surface area contributed by atoms with Crippen molar-refractivity contribution in [2.24, 2.45) is 0 Å². The van der Waals surface area contributed by atoms with Crippen LogP contribution in [0.1, 0.15) is 36.8 Å². The monoisotopic (exact) mass is 453 g/mol. The number of hydrogen-bond donors (Lipinski definition) is 1. The number of benzene rings is 1. The Kier molecular flexibility index (Phi) is 5.86. The van der Waals surface area contributed by atoms with Gasteiger partial charge in [0.2, 0.25) is 5.91 Å². The van der Waals surface area contributed by atoms with E-state index in [1.165, 1.54) is 0 Å². The van der Waals surface area contributed by atoms with Crippen LogP contribution >= 0.6 is 22.9 Å². The van der Waals surface area contributed by atoms with Gasteiger partial charge in [-0.05, 0) is 46.8 Å². The van der Waals surface area contributed by atoms with Gasteiger partial charge in [-0.1, -0.05) is 38.4 Å². The van der Waals surface area contributed by atoms with Crippen LogP contribution in [0.4, 0.5) is 0 Å². The molecule has 3 heterocycles. The van der Waals surface area contributed by atoms with E-state index in [-0.39, 0.29) is 23.8 Å². The SMILES string of the molecule is CC(C)(C)c1cc(-c2cc(-c3ccc(C(=O)N4CCNC(=O)C4)cc3Cl)cs2)ccn1. The van der Waals surface area contributed by atoms with E-state index < -0.39 is 0 Å². The van der Waals surface area contributed by atoms with E-state index in [1.54, 1.807) is 28.4 Å². The number of halogens is 1. The van der Waals surface area contributed by atoms with Crippen molar-refractivity contribution < 1.29 is 9.59 Å². The van der Waals surface area contributed by atoms with Gasteiger partial charge in [0.05, 0.1) is 6.54 Å². The van der Waals surface area contributed by atoms with Crippen molar-refractivity contribution in [3.8, 4) is 21.6 Å². The van der Waals surface area contributed by atoms with Gasteiger partial charge in [-0.2, -0.15) is 0 Å². The molecule has 0 bridgehead atoms. The summed E-state index contributed by atoms with van der Waals surface area (Å²) in [7, 11) is 0. The summed E-state index contributed by atoms with van der Waals surface area (Å²) in [6.07, 6.45) is 1.85. The minimum Gasteiger partial charge on any atom is -0.353 e. The highest BCUT2D eigenvalue weighted by atomic mass is 35.5. The molecule has 0 spiro atoms. The number of thiophene rings is 1. The Balaban J connectivity index is 1.58. The molecule has 160 valence electrons. The third-order valence-electron chi connectivity index (χ3n) is 5.26. The number of hydrogen-bond acceptors (Lipinski definition) is 4. The lowest BCUT2D eigenvalue weighted by Crippen LogP contribution is -2.49. The lowest BCUT2D eigenvalue weighted by molar-refractivity contribution is -0.123. The van der Waals surface area contributed by atoms with Gasteiger partial charge in [-0.15, -0.1) is 11.3 Å². The minimum absolute atomic E-state index is 0.0171. The molecule has 1 fully saturated rings. The van der Waals surface area contributed by atoms with Crippen molar-refractivity contribution in [2.75, 3.05) is 19.6 Å². The fraction of sp³-hybridized carbons (Fsp3) is 0.292. The molecule has 31 heavy (non-hydrogen) atoms. The molecule has 0 unspecified atom stereocenters. The third kappa shape index (κ3) is 4.65. The fourth-order valence-electron chi connectivity index (χ4n) is 3.50. The first kappa shape index (κ1) is 21.5. The van der Waals surface area contributed by atoms with Crippen LogP contribution in [-0.2, 0) is 10.2 Å². The van der Waals surface area contributed by atoms with Crippen LogP contribution in [0.3, 0.4) is 0 Å². The number of rotatable bonds is 3. The molecule has 0 saturated carbocycles. The average molecular weight is 454 g/mol. The van der Waals surface area contributed by atoms with Gasteiger partial charge in [0, 0.05) is 51.4 Å². The summed E-state index contributed by atoms with van der Waals surface area (Å²) in [5, 5.41) is 5.32. The van der Waals surface area contributed by atoms with Gasteiger partial charge < -0.3 is 10.2 Å². The van der Waals surface area contributed by atoms with Crippen LogP contribution in [0.25, 0.3) is 21.6 Å². The van der Waals surface area contributed by atoms with E-state index in [2.05, 4.69) is 48.6 Å². The molecule has 3 aromatic rings. The van der Waals surface area contributed by atoms with Gasteiger partial charge >= 0.3 is 0 Å². The molecular formula is C24H24ClN3O2S. The number of pyridine rings is 1.